The van der Waals surface area contributed by atoms with E-state index in [2.05, 4.69) is 40.4 Å². The van der Waals surface area contributed by atoms with Gasteiger partial charge in [-0.1, -0.05) is 30.3 Å². The summed E-state index contributed by atoms with van der Waals surface area (Å²) in [5.41, 5.74) is 3.29. The second kappa shape index (κ2) is 7.21. The number of carbonyl (C=O) groups excluding carboxylic acids is 1. The van der Waals surface area contributed by atoms with Crippen molar-refractivity contribution in [2.45, 2.75) is 45.3 Å². The van der Waals surface area contributed by atoms with Crippen LogP contribution in [0.15, 0.2) is 36.7 Å². The van der Waals surface area contributed by atoms with Gasteiger partial charge in [-0.05, 0) is 25.8 Å². The summed E-state index contributed by atoms with van der Waals surface area (Å²) in [6, 6.07) is 10.3. The standard InChI is InChI=1S/C20H26N4O2/c1-15(2)23-14-21-17-9-11-22(13-16-7-4-3-5-8-16)19(18(17)23)20(25)24-10-6-12-26-24/h3-5,7-8,14-15,19H,6,9-13H2,1-2H3/t19-/m0/s1. The minimum absolute atomic E-state index is 0.0294. The highest BCUT2D eigenvalue weighted by Crippen LogP contribution is 2.34. The predicted molar refractivity (Wildman–Crippen MR) is 98.2 cm³/mol. The Morgan fingerprint density at radius 1 is 1.27 bits per heavy atom. The van der Waals surface area contributed by atoms with E-state index in [-0.39, 0.29) is 18.0 Å². The lowest BCUT2D eigenvalue weighted by Gasteiger charge is -2.37. The molecule has 2 aliphatic rings. The summed E-state index contributed by atoms with van der Waals surface area (Å²) < 4.78 is 2.14. The first-order valence-electron chi connectivity index (χ1n) is 9.43. The fourth-order valence-electron chi connectivity index (χ4n) is 3.88. The number of benzene rings is 1. The minimum Gasteiger partial charge on any atom is -0.330 e. The van der Waals surface area contributed by atoms with Crippen LogP contribution in [0.25, 0.3) is 0 Å². The molecule has 1 aromatic carbocycles. The van der Waals surface area contributed by atoms with Crippen LogP contribution in [0.2, 0.25) is 0 Å². The van der Waals surface area contributed by atoms with E-state index >= 15 is 0 Å². The van der Waals surface area contributed by atoms with E-state index in [0.717, 1.165) is 37.3 Å². The number of fused-ring (bicyclic) bond motifs is 1. The maximum absolute atomic E-state index is 13.4. The Labute approximate surface area is 154 Å². The first-order valence-corrected chi connectivity index (χ1v) is 9.43. The lowest BCUT2D eigenvalue weighted by atomic mass is 9.99. The smallest absolute Gasteiger partial charge is 0.269 e. The van der Waals surface area contributed by atoms with Crippen LogP contribution in [0.5, 0.6) is 0 Å². The molecule has 1 atom stereocenters. The monoisotopic (exact) mass is 354 g/mol. The third kappa shape index (κ3) is 3.15. The summed E-state index contributed by atoms with van der Waals surface area (Å²) in [5.74, 6) is 0.0294. The van der Waals surface area contributed by atoms with Gasteiger partial charge in [0.15, 0.2) is 0 Å². The van der Waals surface area contributed by atoms with Gasteiger partial charge in [-0.25, -0.2) is 10.0 Å². The van der Waals surface area contributed by atoms with Crippen LogP contribution in [-0.2, 0) is 22.6 Å². The first kappa shape index (κ1) is 17.2. The summed E-state index contributed by atoms with van der Waals surface area (Å²) in [7, 11) is 0. The van der Waals surface area contributed by atoms with Crippen molar-refractivity contribution in [1.82, 2.24) is 19.5 Å². The van der Waals surface area contributed by atoms with E-state index in [1.54, 1.807) is 5.06 Å². The molecule has 138 valence electrons. The molecule has 1 amide bonds. The molecule has 0 radical (unpaired) electrons. The molecule has 6 heteroatoms. The fraction of sp³-hybridized carbons (Fsp3) is 0.500. The topological polar surface area (TPSA) is 50.6 Å². The van der Waals surface area contributed by atoms with Gasteiger partial charge in [0.2, 0.25) is 0 Å². The molecule has 2 aliphatic heterocycles. The molecule has 6 nitrogen and oxygen atoms in total. The Kier molecular flexibility index (Phi) is 4.78. The third-order valence-corrected chi connectivity index (χ3v) is 5.19. The Morgan fingerprint density at radius 2 is 2.08 bits per heavy atom. The number of hydrogen-bond donors (Lipinski definition) is 0. The van der Waals surface area contributed by atoms with Gasteiger partial charge in [-0.15, -0.1) is 0 Å². The van der Waals surface area contributed by atoms with Gasteiger partial charge >= 0.3 is 0 Å². The normalized spacial score (nSPS) is 20.6. The highest BCUT2D eigenvalue weighted by Gasteiger charge is 2.40. The molecule has 4 rings (SSSR count). The number of amides is 1. The number of hydroxylamine groups is 2. The maximum Gasteiger partial charge on any atom is 0.269 e. The molecule has 3 heterocycles. The molecule has 1 saturated heterocycles. The van der Waals surface area contributed by atoms with Gasteiger partial charge in [0.25, 0.3) is 5.91 Å². The molecule has 26 heavy (non-hydrogen) atoms. The highest BCUT2D eigenvalue weighted by molar-refractivity contribution is 5.82. The van der Waals surface area contributed by atoms with Crippen molar-refractivity contribution in [1.29, 1.82) is 0 Å². The zero-order valence-electron chi connectivity index (χ0n) is 15.5. The van der Waals surface area contributed by atoms with Crippen molar-refractivity contribution in [3.8, 4) is 0 Å². The minimum atomic E-state index is -0.345. The molecule has 1 fully saturated rings. The van der Waals surface area contributed by atoms with Crippen molar-refractivity contribution in [2.24, 2.45) is 0 Å². The quantitative estimate of drug-likeness (QED) is 0.847. The van der Waals surface area contributed by atoms with Crippen LogP contribution in [-0.4, -0.2) is 45.1 Å². The largest absolute Gasteiger partial charge is 0.330 e. The highest BCUT2D eigenvalue weighted by atomic mass is 16.7. The van der Waals surface area contributed by atoms with Crippen LogP contribution in [0, 0.1) is 0 Å². The average molecular weight is 354 g/mol. The molecule has 0 spiro atoms. The molecule has 1 aromatic heterocycles. The fourth-order valence-corrected chi connectivity index (χ4v) is 3.88. The van der Waals surface area contributed by atoms with Crippen LogP contribution in [0.4, 0.5) is 0 Å². The number of carbonyl (C=O) groups is 1. The Balaban J connectivity index is 1.71. The van der Waals surface area contributed by atoms with Crippen LogP contribution >= 0.6 is 0 Å². The van der Waals surface area contributed by atoms with Gasteiger partial charge in [0.1, 0.15) is 6.04 Å². The molecule has 2 aromatic rings. The van der Waals surface area contributed by atoms with Crippen molar-refractivity contribution in [2.75, 3.05) is 19.7 Å². The van der Waals surface area contributed by atoms with Gasteiger partial charge in [-0.3, -0.25) is 14.5 Å². The predicted octanol–water partition coefficient (Wildman–Crippen LogP) is 2.73. The first-order chi connectivity index (χ1) is 12.6. The number of nitrogens with zero attached hydrogens (tertiary/aromatic N) is 4. The molecule has 0 aliphatic carbocycles. The third-order valence-electron chi connectivity index (χ3n) is 5.19. The summed E-state index contributed by atoms with van der Waals surface area (Å²) in [4.78, 5) is 25.8. The molecule has 0 saturated carbocycles. The average Bonchev–Trinajstić information content (AvgIpc) is 3.32. The molecule has 0 bridgehead atoms. The lowest BCUT2D eigenvalue weighted by molar-refractivity contribution is -0.176. The van der Waals surface area contributed by atoms with Gasteiger partial charge < -0.3 is 4.57 Å². The second-order valence-electron chi connectivity index (χ2n) is 7.31. The molecule has 0 unspecified atom stereocenters. The summed E-state index contributed by atoms with van der Waals surface area (Å²) >= 11 is 0. The van der Waals surface area contributed by atoms with Gasteiger partial charge in [0.05, 0.1) is 30.9 Å². The lowest BCUT2D eigenvalue weighted by Crippen LogP contribution is -2.45. The van der Waals surface area contributed by atoms with Crippen molar-refractivity contribution >= 4 is 5.91 Å². The van der Waals surface area contributed by atoms with Crippen molar-refractivity contribution in [3.05, 3.63) is 53.6 Å². The maximum atomic E-state index is 13.4. The molecule has 0 N–H and O–H groups in total. The SMILES string of the molecule is CC(C)n1cnc2c1[C@@H](C(=O)N1CCCO1)N(Cc1ccccc1)CC2. The van der Waals surface area contributed by atoms with E-state index in [1.165, 1.54) is 5.56 Å². The summed E-state index contributed by atoms with van der Waals surface area (Å²) in [5, 5.41) is 1.55. The Hall–Kier alpha value is -2.18. The number of hydrogen-bond acceptors (Lipinski definition) is 4. The zero-order chi connectivity index (χ0) is 18.1. The van der Waals surface area contributed by atoms with E-state index in [1.807, 2.05) is 24.5 Å². The van der Waals surface area contributed by atoms with Crippen LogP contribution < -0.4 is 0 Å². The van der Waals surface area contributed by atoms with Crippen molar-refractivity contribution < 1.29 is 9.63 Å². The van der Waals surface area contributed by atoms with E-state index in [4.69, 9.17) is 4.84 Å². The zero-order valence-corrected chi connectivity index (χ0v) is 15.5. The van der Waals surface area contributed by atoms with E-state index in [0.29, 0.717) is 13.2 Å². The number of imidazole rings is 1. The van der Waals surface area contributed by atoms with Gasteiger partial charge in [-0.2, -0.15) is 0 Å². The van der Waals surface area contributed by atoms with Crippen LogP contribution in [0.1, 0.15) is 49.3 Å². The van der Waals surface area contributed by atoms with Crippen LogP contribution in [0.3, 0.4) is 0 Å². The van der Waals surface area contributed by atoms with Crippen molar-refractivity contribution in [3.63, 3.8) is 0 Å². The van der Waals surface area contributed by atoms with E-state index in [9.17, 15) is 4.79 Å². The number of aromatic nitrogens is 2. The second-order valence-corrected chi connectivity index (χ2v) is 7.31. The summed E-state index contributed by atoms with van der Waals surface area (Å²) in [6.07, 6.45) is 3.65. The Morgan fingerprint density at radius 3 is 2.77 bits per heavy atom. The summed E-state index contributed by atoms with van der Waals surface area (Å²) in [6.45, 7) is 7.11. The molecular formula is C20H26N4O2. The number of rotatable bonds is 4. The van der Waals surface area contributed by atoms with Gasteiger partial charge in [0, 0.05) is 25.6 Å². The molecular weight excluding hydrogens is 328 g/mol. The Bertz CT molecular complexity index is 765. The van der Waals surface area contributed by atoms with E-state index < -0.39 is 0 Å².